The Hall–Kier alpha value is -3.09. The molecule has 140 valence electrons. The van der Waals surface area contributed by atoms with Gasteiger partial charge in [0.05, 0.1) is 32.1 Å². The normalized spacial score (nSPS) is 10.8. The number of benzene rings is 1. The van der Waals surface area contributed by atoms with Crippen molar-refractivity contribution in [2.45, 2.75) is 19.3 Å². The van der Waals surface area contributed by atoms with Gasteiger partial charge in [-0.3, -0.25) is 14.6 Å². The topological polar surface area (TPSA) is 100 Å². The molecule has 2 N–H and O–H groups in total. The number of primary amides is 1. The summed E-state index contributed by atoms with van der Waals surface area (Å²) in [6.45, 7) is 3.87. The number of hydrogen-bond acceptors (Lipinski definition) is 6. The summed E-state index contributed by atoms with van der Waals surface area (Å²) in [5.41, 5.74) is 6.03. The lowest BCUT2D eigenvalue weighted by Crippen LogP contribution is -2.12. The summed E-state index contributed by atoms with van der Waals surface area (Å²) in [5.74, 6) is -0.143. The van der Waals surface area contributed by atoms with Crippen molar-refractivity contribution in [3.63, 3.8) is 0 Å². The molecule has 26 heavy (non-hydrogen) atoms. The molecule has 0 aliphatic carbocycles. The van der Waals surface area contributed by atoms with Gasteiger partial charge in [0.25, 0.3) is 5.91 Å². The maximum atomic E-state index is 11.7. The Morgan fingerprint density at radius 1 is 1.27 bits per heavy atom. The number of nitrogens with two attached hydrogens (primary N) is 1. The number of carbonyl (C=O) groups is 2. The molecule has 0 aliphatic heterocycles. The van der Waals surface area contributed by atoms with Gasteiger partial charge in [-0.2, -0.15) is 0 Å². The zero-order chi connectivity index (χ0) is 19.4. The summed E-state index contributed by atoms with van der Waals surface area (Å²) in [6.07, 6.45) is 8.29. The molecule has 1 amide bonds. The van der Waals surface area contributed by atoms with Crippen LogP contribution in [0.2, 0.25) is 0 Å². The molecule has 0 unspecified atom stereocenters. The van der Waals surface area contributed by atoms with Gasteiger partial charge in [0.15, 0.2) is 11.5 Å². The van der Waals surface area contributed by atoms with Crippen molar-refractivity contribution >= 4 is 23.8 Å². The third kappa shape index (κ3) is 6.80. The van der Waals surface area contributed by atoms with Gasteiger partial charge in [-0.1, -0.05) is 24.8 Å². The average Bonchev–Trinajstić information content (AvgIpc) is 2.64. The lowest BCUT2D eigenvalue weighted by molar-refractivity contribution is -0.140. The first kappa shape index (κ1) is 21.0. The Kier molecular flexibility index (Phi) is 9.24. The minimum atomic E-state index is -0.616. The maximum Gasteiger partial charge on any atom is 0.305 e. The van der Waals surface area contributed by atoms with E-state index < -0.39 is 5.91 Å². The van der Waals surface area contributed by atoms with Crippen molar-refractivity contribution < 1.29 is 23.8 Å². The number of carbonyl (C=O) groups excluding carboxylic acids is 2. The maximum absolute atomic E-state index is 11.7. The molecule has 0 saturated carbocycles. The second-order valence-corrected chi connectivity index (χ2v) is 5.12. The molecule has 0 spiro atoms. The number of aliphatic imine (C=N–C) groups is 1. The van der Waals surface area contributed by atoms with Crippen LogP contribution in [0, 0.1) is 0 Å². The number of amides is 1. The number of hydrogen-bond donors (Lipinski definition) is 1. The second kappa shape index (κ2) is 11.5. The van der Waals surface area contributed by atoms with Gasteiger partial charge >= 0.3 is 5.97 Å². The monoisotopic (exact) mass is 360 g/mol. The first-order chi connectivity index (χ1) is 12.5. The molecule has 7 heteroatoms. The van der Waals surface area contributed by atoms with Gasteiger partial charge < -0.3 is 19.9 Å². The minimum absolute atomic E-state index is 0.229. The van der Waals surface area contributed by atoms with E-state index in [0.29, 0.717) is 30.0 Å². The van der Waals surface area contributed by atoms with Gasteiger partial charge in [-0.05, 0) is 12.5 Å². The van der Waals surface area contributed by atoms with E-state index in [2.05, 4.69) is 16.3 Å². The van der Waals surface area contributed by atoms with Gasteiger partial charge in [0.1, 0.15) is 0 Å². The highest BCUT2D eigenvalue weighted by molar-refractivity contribution is 5.99. The minimum Gasteiger partial charge on any atom is -0.493 e. The molecule has 1 aromatic rings. The highest BCUT2D eigenvalue weighted by Gasteiger charge is 2.15. The second-order valence-electron chi connectivity index (χ2n) is 5.12. The quantitative estimate of drug-likeness (QED) is 0.283. The van der Waals surface area contributed by atoms with Crippen molar-refractivity contribution in [1.82, 2.24) is 0 Å². The first-order valence-electron chi connectivity index (χ1n) is 8.05. The molecule has 7 nitrogen and oxygen atoms in total. The van der Waals surface area contributed by atoms with Crippen LogP contribution in [0.4, 0.5) is 5.69 Å². The third-order valence-corrected chi connectivity index (χ3v) is 3.30. The van der Waals surface area contributed by atoms with Crippen LogP contribution in [0.15, 0.2) is 41.9 Å². The largest absolute Gasteiger partial charge is 0.493 e. The predicted molar refractivity (Wildman–Crippen MR) is 100 cm³/mol. The fourth-order valence-corrected chi connectivity index (χ4v) is 2.01. The lowest BCUT2D eigenvalue weighted by atomic mass is 10.1. The molecule has 1 rings (SSSR count). The van der Waals surface area contributed by atoms with E-state index in [1.54, 1.807) is 24.4 Å². The summed E-state index contributed by atoms with van der Waals surface area (Å²) in [5, 5.41) is 0. The van der Waals surface area contributed by atoms with E-state index in [1.807, 2.05) is 6.08 Å². The summed E-state index contributed by atoms with van der Waals surface area (Å²) in [7, 11) is 2.80. The summed E-state index contributed by atoms with van der Waals surface area (Å²) in [4.78, 5) is 27.1. The van der Waals surface area contributed by atoms with Crippen LogP contribution < -0.4 is 15.2 Å². The Morgan fingerprint density at radius 3 is 2.65 bits per heavy atom. The van der Waals surface area contributed by atoms with Gasteiger partial charge in [-0.25, -0.2) is 0 Å². The summed E-state index contributed by atoms with van der Waals surface area (Å²) >= 11 is 0. The zero-order valence-electron chi connectivity index (χ0n) is 15.1. The third-order valence-electron chi connectivity index (χ3n) is 3.30. The molecule has 0 heterocycles. The fraction of sp³-hybridized carbons (Fsp3) is 0.316. The van der Waals surface area contributed by atoms with Crippen molar-refractivity contribution in [3.05, 3.63) is 42.5 Å². The number of methoxy groups -OCH3 is 2. The average molecular weight is 360 g/mol. The van der Waals surface area contributed by atoms with Crippen molar-refractivity contribution in [1.29, 1.82) is 0 Å². The van der Waals surface area contributed by atoms with Crippen LogP contribution >= 0.6 is 0 Å². The smallest absolute Gasteiger partial charge is 0.305 e. The van der Waals surface area contributed by atoms with E-state index in [4.69, 9.17) is 15.2 Å². The molecule has 0 aromatic heterocycles. The van der Waals surface area contributed by atoms with Crippen LogP contribution in [-0.4, -0.2) is 38.9 Å². The summed E-state index contributed by atoms with van der Waals surface area (Å²) < 4.78 is 15.5. The molecular formula is C19H24N2O5. The molecule has 0 bridgehead atoms. The van der Waals surface area contributed by atoms with Crippen LogP contribution in [0.25, 0.3) is 0 Å². The van der Waals surface area contributed by atoms with Crippen LogP contribution in [0.5, 0.6) is 11.5 Å². The number of rotatable bonds is 11. The Balaban J connectivity index is 2.96. The van der Waals surface area contributed by atoms with Crippen molar-refractivity contribution in [3.8, 4) is 11.5 Å². The molecular weight excluding hydrogens is 336 g/mol. The Morgan fingerprint density at radius 2 is 2.04 bits per heavy atom. The highest BCUT2D eigenvalue weighted by atomic mass is 16.5. The number of nitrogens with zero attached hydrogens (tertiary/aromatic N) is 1. The SMILES string of the molecule is C=C/C=C\CC=Nc1cc(OCCCC(=O)OC)c(OC)cc1C(N)=O. The van der Waals surface area contributed by atoms with E-state index in [-0.39, 0.29) is 24.6 Å². The molecule has 0 radical (unpaired) electrons. The number of ether oxygens (including phenoxy) is 3. The highest BCUT2D eigenvalue weighted by Crippen LogP contribution is 2.35. The molecule has 1 aromatic carbocycles. The zero-order valence-corrected chi connectivity index (χ0v) is 15.1. The van der Waals surface area contributed by atoms with Gasteiger partial charge in [0.2, 0.25) is 0 Å². The lowest BCUT2D eigenvalue weighted by Gasteiger charge is -2.13. The number of esters is 1. The molecule has 0 fully saturated rings. The van der Waals surface area contributed by atoms with Crippen molar-refractivity contribution in [2.75, 3.05) is 20.8 Å². The standard InChI is InChI=1S/C19H24N2O5/c1-4-5-6-7-10-21-15-13-17(26-11-8-9-18(22)25-3)16(24-2)12-14(15)19(20)23/h4-6,10,12-13H,1,7-9,11H2,2-3H3,(H2,20,23)/b6-5-,21-10?. The fourth-order valence-electron chi connectivity index (χ4n) is 2.01. The Bertz CT molecular complexity index is 695. The first-order valence-corrected chi connectivity index (χ1v) is 8.05. The summed E-state index contributed by atoms with van der Waals surface area (Å²) in [6, 6.07) is 3.08. The van der Waals surface area contributed by atoms with Crippen LogP contribution in [0.3, 0.4) is 0 Å². The van der Waals surface area contributed by atoms with E-state index in [1.165, 1.54) is 20.3 Å². The van der Waals surface area contributed by atoms with Crippen LogP contribution in [0.1, 0.15) is 29.6 Å². The van der Waals surface area contributed by atoms with E-state index in [0.717, 1.165) is 0 Å². The molecule has 0 atom stereocenters. The van der Waals surface area contributed by atoms with Gasteiger partial charge in [0, 0.05) is 25.1 Å². The van der Waals surface area contributed by atoms with E-state index in [9.17, 15) is 9.59 Å². The van der Waals surface area contributed by atoms with Gasteiger partial charge in [-0.15, -0.1) is 0 Å². The van der Waals surface area contributed by atoms with Crippen LogP contribution in [-0.2, 0) is 9.53 Å². The predicted octanol–water partition coefficient (Wildman–Crippen LogP) is 2.96. The Labute approximate surface area is 153 Å². The molecule has 0 saturated heterocycles. The number of allylic oxidation sites excluding steroid dienone is 3. The van der Waals surface area contributed by atoms with Crippen molar-refractivity contribution in [2.24, 2.45) is 10.7 Å². The van der Waals surface area contributed by atoms with E-state index >= 15 is 0 Å². The molecule has 0 aliphatic rings.